The zero-order valence-corrected chi connectivity index (χ0v) is 14.1. The van der Waals surface area contributed by atoms with Crippen molar-refractivity contribution >= 4 is 28.2 Å². The Labute approximate surface area is 137 Å². The van der Waals surface area contributed by atoms with E-state index in [-0.39, 0.29) is 5.75 Å². The molecule has 5 nitrogen and oxygen atoms in total. The van der Waals surface area contributed by atoms with E-state index in [1.54, 1.807) is 24.3 Å². The molecule has 0 bridgehead atoms. The molecule has 0 radical (unpaired) electrons. The molecule has 0 saturated carbocycles. The van der Waals surface area contributed by atoms with Crippen molar-refractivity contribution in [3.8, 4) is 5.75 Å². The fourth-order valence-corrected chi connectivity index (χ4v) is 2.28. The van der Waals surface area contributed by atoms with Gasteiger partial charge < -0.3 is 9.08 Å². The third-order valence-corrected chi connectivity index (χ3v) is 3.97. The van der Waals surface area contributed by atoms with Crippen LogP contribution in [0.3, 0.4) is 0 Å². The lowest BCUT2D eigenvalue weighted by molar-refractivity contribution is 0.330. The van der Waals surface area contributed by atoms with Crippen LogP contribution < -0.4 is 9.08 Å². The second kappa shape index (κ2) is 7.30. The normalized spacial score (nSPS) is 11.6. The second-order valence-corrected chi connectivity index (χ2v) is 6.36. The Morgan fingerprint density at radius 1 is 0.870 bits per heavy atom. The predicted molar refractivity (Wildman–Crippen MR) is 92.7 cm³/mol. The van der Waals surface area contributed by atoms with Gasteiger partial charge in [-0.1, -0.05) is 36.4 Å². The summed E-state index contributed by atoms with van der Waals surface area (Å²) < 4.78 is 31.3. The number of benzene rings is 2. The van der Waals surface area contributed by atoms with Crippen LogP contribution in [0.4, 0.5) is 5.69 Å². The summed E-state index contributed by atoms with van der Waals surface area (Å²) in [7, 11) is 1.07. The minimum atomic E-state index is -3.97. The van der Waals surface area contributed by atoms with E-state index in [1.165, 1.54) is 0 Å². The summed E-state index contributed by atoms with van der Waals surface area (Å²) >= 11 is 0. The number of hydrogen-bond acceptors (Lipinski definition) is 5. The summed E-state index contributed by atoms with van der Waals surface area (Å²) in [6, 6.07) is 14.9. The number of rotatable bonds is 6. The van der Waals surface area contributed by atoms with Crippen molar-refractivity contribution in [2.45, 2.75) is 0 Å². The standard InChI is InChI=1S/C17H19NO4S/c1-18(2)16-10-6-14(7-11-16)4-5-15-8-12-17(13-9-15)22-23(19,20)21-3/h4-13H,1-3H3. The van der Waals surface area contributed by atoms with Gasteiger partial charge in [0, 0.05) is 19.8 Å². The maximum atomic E-state index is 11.2. The first-order chi connectivity index (χ1) is 10.9. The van der Waals surface area contributed by atoms with E-state index in [9.17, 15) is 8.42 Å². The highest BCUT2D eigenvalue weighted by Crippen LogP contribution is 2.18. The second-order valence-electron chi connectivity index (χ2n) is 5.05. The van der Waals surface area contributed by atoms with E-state index >= 15 is 0 Å². The molecule has 0 heterocycles. The van der Waals surface area contributed by atoms with Crippen LogP contribution >= 0.6 is 0 Å². The molecule has 2 aromatic carbocycles. The molecule has 0 aromatic heterocycles. The fraction of sp³-hybridized carbons (Fsp3) is 0.176. The number of nitrogens with zero attached hydrogens (tertiary/aromatic N) is 1. The minimum absolute atomic E-state index is 0.208. The lowest BCUT2D eigenvalue weighted by Gasteiger charge is -2.11. The molecular weight excluding hydrogens is 314 g/mol. The molecule has 0 spiro atoms. The molecule has 6 heteroatoms. The fourth-order valence-electron chi connectivity index (χ4n) is 1.86. The van der Waals surface area contributed by atoms with Crippen LogP contribution in [0.15, 0.2) is 48.5 Å². The van der Waals surface area contributed by atoms with Gasteiger partial charge in [-0.05, 0) is 35.4 Å². The van der Waals surface area contributed by atoms with Crippen LogP contribution in [-0.2, 0) is 14.6 Å². The zero-order chi connectivity index (χ0) is 16.9. The molecular formula is C17H19NO4S. The first kappa shape index (κ1) is 17.1. The van der Waals surface area contributed by atoms with E-state index in [0.717, 1.165) is 23.9 Å². The first-order valence-electron chi connectivity index (χ1n) is 6.95. The summed E-state index contributed by atoms with van der Waals surface area (Å²) in [5, 5.41) is 0. The van der Waals surface area contributed by atoms with Gasteiger partial charge in [0.25, 0.3) is 0 Å². The van der Waals surface area contributed by atoms with Crippen molar-refractivity contribution in [2.75, 3.05) is 26.1 Å². The van der Waals surface area contributed by atoms with Gasteiger partial charge in [-0.15, -0.1) is 0 Å². The smallest absolute Gasteiger partial charge is 0.378 e. The third-order valence-electron chi connectivity index (χ3n) is 3.16. The molecule has 23 heavy (non-hydrogen) atoms. The molecule has 0 fully saturated rings. The van der Waals surface area contributed by atoms with Crippen LogP contribution in [0.2, 0.25) is 0 Å². The molecule has 0 N–H and O–H groups in total. The average molecular weight is 333 g/mol. The highest BCUT2D eigenvalue weighted by atomic mass is 32.3. The van der Waals surface area contributed by atoms with Gasteiger partial charge in [0.2, 0.25) is 0 Å². The van der Waals surface area contributed by atoms with Crippen LogP contribution in [-0.4, -0.2) is 29.6 Å². The zero-order valence-electron chi connectivity index (χ0n) is 13.3. The molecule has 0 atom stereocenters. The first-order valence-corrected chi connectivity index (χ1v) is 8.28. The van der Waals surface area contributed by atoms with Crippen LogP contribution in [0.5, 0.6) is 5.75 Å². The van der Waals surface area contributed by atoms with Gasteiger partial charge in [0.1, 0.15) is 5.75 Å². The van der Waals surface area contributed by atoms with E-state index < -0.39 is 10.4 Å². The summed E-state index contributed by atoms with van der Waals surface area (Å²) in [4.78, 5) is 2.04. The minimum Gasteiger partial charge on any atom is -0.378 e. The number of hydrogen-bond donors (Lipinski definition) is 0. The molecule has 2 aromatic rings. The monoisotopic (exact) mass is 333 g/mol. The molecule has 0 aliphatic rings. The molecule has 2 rings (SSSR count). The highest BCUT2D eigenvalue weighted by molar-refractivity contribution is 7.82. The molecule has 0 aliphatic heterocycles. The van der Waals surface area contributed by atoms with Crippen molar-refractivity contribution in [1.82, 2.24) is 0 Å². The Morgan fingerprint density at radius 2 is 1.35 bits per heavy atom. The Kier molecular flexibility index (Phi) is 5.41. The van der Waals surface area contributed by atoms with Gasteiger partial charge in [0.15, 0.2) is 0 Å². The van der Waals surface area contributed by atoms with Gasteiger partial charge in [-0.3, -0.25) is 0 Å². The largest absolute Gasteiger partial charge is 0.448 e. The van der Waals surface area contributed by atoms with Crippen molar-refractivity contribution < 1.29 is 16.8 Å². The Balaban J connectivity index is 2.05. The summed E-state index contributed by atoms with van der Waals surface area (Å²) in [5.74, 6) is 0.208. The van der Waals surface area contributed by atoms with E-state index in [1.807, 2.05) is 55.4 Å². The van der Waals surface area contributed by atoms with Crippen molar-refractivity contribution in [1.29, 1.82) is 0 Å². The van der Waals surface area contributed by atoms with E-state index in [0.29, 0.717) is 0 Å². The molecule has 0 saturated heterocycles. The topological polar surface area (TPSA) is 55.8 Å². The maximum absolute atomic E-state index is 11.2. The van der Waals surface area contributed by atoms with Crippen molar-refractivity contribution in [3.05, 3.63) is 59.7 Å². The van der Waals surface area contributed by atoms with Gasteiger partial charge >= 0.3 is 10.4 Å². The molecule has 0 unspecified atom stereocenters. The maximum Gasteiger partial charge on any atom is 0.448 e. The molecule has 0 amide bonds. The summed E-state index contributed by atoms with van der Waals surface area (Å²) in [6.45, 7) is 0. The van der Waals surface area contributed by atoms with E-state index in [4.69, 9.17) is 4.18 Å². The van der Waals surface area contributed by atoms with Gasteiger partial charge in [-0.25, -0.2) is 4.18 Å². The lowest BCUT2D eigenvalue weighted by atomic mass is 10.1. The molecule has 0 aliphatic carbocycles. The predicted octanol–water partition coefficient (Wildman–Crippen LogP) is 3.19. The van der Waals surface area contributed by atoms with Gasteiger partial charge in [-0.2, -0.15) is 8.42 Å². The SMILES string of the molecule is COS(=O)(=O)Oc1ccc(C=Cc2ccc(N(C)C)cc2)cc1. The Morgan fingerprint density at radius 3 is 1.78 bits per heavy atom. The average Bonchev–Trinajstić information content (AvgIpc) is 2.54. The quantitative estimate of drug-likeness (QED) is 0.760. The molecule has 122 valence electrons. The number of anilines is 1. The summed E-state index contributed by atoms with van der Waals surface area (Å²) in [5.41, 5.74) is 3.16. The van der Waals surface area contributed by atoms with Crippen molar-refractivity contribution in [2.24, 2.45) is 0 Å². The van der Waals surface area contributed by atoms with Crippen LogP contribution in [0.1, 0.15) is 11.1 Å². The Bertz CT molecular complexity index is 763. The third kappa shape index (κ3) is 5.12. The van der Waals surface area contributed by atoms with Crippen LogP contribution in [0.25, 0.3) is 12.2 Å². The lowest BCUT2D eigenvalue weighted by Crippen LogP contribution is -2.10. The Hall–Kier alpha value is -2.31. The van der Waals surface area contributed by atoms with Gasteiger partial charge in [0.05, 0.1) is 7.11 Å². The van der Waals surface area contributed by atoms with Crippen molar-refractivity contribution in [3.63, 3.8) is 0 Å². The summed E-state index contributed by atoms with van der Waals surface area (Å²) in [6.07, 6.45) is 3.93. The van der Waals surface area contributed by atoms with E-state index in [2.05, 4.69) is 4.18 Å². The highest BCUT2D eigenvalue weighted by Gasteiger charge is 2.10. The van der Waals surface area contributed by atoms with Crippen LogP contribution in [0, 0.1) is 0 Å².